The number of hydrogen-bond donors (Lipinski definition) is 0. The lowest BCUT2D eigenvalue weighted by Crippen LogP contribution is -2.15. The van der Waals surface area contributed by atoms with Crippen LogP contribution in [0.3, 0.4) is 0 Å². The van der Waals surface area contributed by atoms with Crippen LogP contribution in [-0.2, 0) is 6.42 Å². The minimum Gasteiger partial charge on any atom is -0.450 e. The molecule has 0 aliphatic carbocycles. The molecule has 0 radical (unpaired) electrons. The van der Waals surface area contributed by atoms with Crippen LogP contribution in [0.1, 0.15) is 4.88 Å². The number of hydrogen-bond acceptors (Lipinski definition) is 3. The van der Waals surface area contributed by atoms with E-state index in [4.69, 9.17) is 9.47 Å². The van der Waals surface area contributed by atoms with Crippen molar-refractivity contribution in [2.24, 2.45) is 0 Å². The molecule has 0 saturated carbocycles. The fourth-order valence-corrected chi connectivity index (χ4v) is 2.15. The minimum atomic E-state index is 0.0243. The molecular formula is C6H4O2S. The molecule has 0 aromatic carbocycles. The Morgan fingerprint density at radius 3 is 3.22 bits per heavy atom. The summed E-state index contributed by atoms with van der Waals surface area (Å²) in [7, 11) is 0. The van der Waals surface area contributed by atoms with Crippen molar-refractivity contribution in [2.45, 2.75) is 12.7 Å². The molecule has 46 valence electrons. The van der Waals surface area contributed by atoms with Crippen molar-refractivity contribution in [2.75, 3.05) is 0 Å². The molecule has 1 unspecified atom stereocenters. The van der Waals surface area contributed by atoms with E-state index in [1.165, 1.54) is 4.88 Å². The van der Waals surface area contributed by atoms with Crippen LogP contribution in [0.4, 0.5) is 0 Å². The third kappa shape index (κ3) is 0.347. The zero-order valence-corrected chi connectivity index (χ0v) is 5.40. The van der Waals surface area contributed by atoms with E-state index in [0.29, 0.717) is 0 Å². The third-order valence-electron chi connectivity index (χ3n) is 1.65. The summed E-state index contributed by atoms with van der Waals surface area (Å²) in [4.78, 5) is 1.35. The van der Waals surface area contributed by atoms with E-state index in [1.54, 1.807) is 11.3 Å². The van der Waals surface area contributed by atoms with Gasteiger partial charge in [0.05, 0.1) is 11.3 Å². The molecule has 3 rings (SSSR count). The monoisotopic (exact) mass is 140 g/mol. The number of fused-ring (bicyclic) bond motifs is 1. The molecule has 2 nitrogen and oxygen atoms in total. The standard InChI is InChI=1S/C6H4O2S/c1-4-6-3(2-9-4)7-5(1)8-6/h2,5H,1H2. The Kier molecular flexibility index (Phi) is 0.505. The number of thiophene rings is 1. The molecule has 3 heterocycles. The first-order valence-corrected chi connectivity index (χ1v) is 3.75. The Morgan fingerprint density at radius 2 is 2.56 bits per heavy atom. The first kappa shape index (κ1) is 4.17. The molecule has 0 N–H and O–H groups in total. The highest BCUT2D eigenvalue weighted by Gasteiger charge is 2.36. The van der Waals surface area contributed by atoms with Gasteiger partial charge in [0.25, 0.3) is 0 Å². The molecule has 0 amide bonds. The minimum absolute atomic E-state index is 0.0243. The van der Waals surface area contributed by atoms with Gasteiger partial charge in [-0.3, -0.25) is 0 Å². The summed E-state index contributed by atoms with van der Waals surface area (Å²) in [5.41, 5.74) is 0. The first-order chi connectivity index (χ1) is 4.43. The van der Waals surface area contributed by atoms with Gasteiger partial charge in [-0.2, -0.15) is 0 Å². The highest BCUT2D eigenvalue weighted by Crippen LogP contribution is 2.49. The largest absolute Gasteiger partial charge is 0.450 e. The van der Waals surface area contributed by atoms with Crippen LogP contribution in [0, 0.1) is 0 Å². The fourth-order valence-electron chi connectivity index (χ4n) is 1.25. The molecular weight excluding hydrogens is 136 g/mol. The summed E-state index contributed by atoms with van der Waals surface area (Å²) in [6.07, 6.45) is 0.983. The molecule has 0 fully saturated rings. The van der Waals surface area contributed by atoms with E-state index in [1.807, 2.05) is 5.38 Å². The van der Waals surface area contributed by atoms with Crippen LogP contribution >= 0.6 is 11.3 Å². The molecule has 2 aliphatic rings. The maximum Gasteiger partial charge on any atom is 0.246 e. The van der Waals surface area contributed by atoms with Crippen LogP contribution in [-0.4, -0.2) is 6.29 Å². The lowest BCUT2D eigenvalue weighted by atomic mass is 10.3. The van der Waals surface area contributed by atoms with Gasteiger partial charge < -0.3 is 9.47 Å². The van der Waals surface area contributed by atoms with E-state index in [0.717, 1.165) is 17.9 Å². The van der Waals surface area contributed by atoms with Crippen LogP contribution < -0.4 is 9.47 Å². The van der Waals surface area contributed by atoms with Crippen LogP contribution in [0.15, 0.2) is 5.38 Å². The molecule has 0 spiro atoms. The SMILES string of the molecule is c1sc2c3c1OC(C2)O3. The summed E-state index contributed by atoms with van der Waals surface area (Å²) in [6, 6.07) is 0. The third-order valence-corrected chi connectivity index (χ3v) is 2.61. The van der Waals surface area contributed by atoms with Gasteiger partial charge in [0, 0.05) is 5.38 Å². The molecule has 2 bridgehead atoms. The summed E-state index contributed by atoms with van der Waals surface area (Å²) in [5.74, 6) is 1.95. The van der Waals surface area contributed by atoms with Gasteiger partial charge in [0.2, 0.25) is 6.29 Å². The van der Waals surface area contributed by atoms with Crippen molar-refractivity contribution >= 4 is 11.3 Å². The van der Waals surface area contributed by atoms with Crippen molar-refractivity contribution < 1.29 is 9.47 Å². The zero-order valence-electron chi connectivity index (χ0n) is 4.59. The lowest BCUT2D eigenvalue weighted by Gasteiger charge is -2.01. The Bertz CT molecular complexity index is 240. The molecule has 1 aromatic heterocycles. The van der Waals surface area contributed by atoms with Gasteiger partial charge in [-0.15, -0.1) is 11.3 Å². The predicted octanol–water partition coefficient (Wildman–Crippen LogP) is 1.40. The Morgan fingerprint density at radius 1 is 1.56 bits per heavy atom. The second-order valence-electron chi connectivity index (χ2n) is 2.22. The van der Waals surface area contributed by atoms with Gasteiger partial charge in [-0.05, 0) is 0 Å². The van der Waals surface area contributed by atoms with Gasteiger partial charge in [-0.1, -0.05) is 0 Å². The Balaban J connectivity index is 2.44. The highest BCUT2D eigenvalue weighted by molar-refractivity contribution is 7.10. The normalized spacial score (nSPS) is 26.0. The van der Waals surface area contributed by atoms with E-state index >= 15 is 0 Å². The van der Waals surface area contributed by atoms with E-state index < -0.39 is 0 Å². The second kappa shape index (κ2) is 1.09. The van der Waals surface area contributed by atoms with Crippen molar-refractivity contribution in [1.82, 2.24) is 0 Å². The quantitative estimate of drug-likeness (QED) is 0.542. The maximum absolute atomic E-state index is 5.33. The van der Waals surface area contributed by atoms with Crippen molar-refractivity contribution in [3.05, 3.63) is 10.3 Å². The predicted molar refractivity (Wildman–Crippen MR) is 33.1 cm³/mol. The zero-order chi connectivity index (χ0) is 5.84. The molecule has 1 atom stereocenters. The van der Waals surface area contributed by atoms with Gasteiger partial charge in [0.15, 0.2) is 11.5 Å². The van der Waals surface area contributed by atoms with Crippen LogP contribution in [0.2, 0.25) is 0 Å². The van der Waals surface area contributed by atoms with Crippen LogP contribution in [0.5, 0.6) is 11.5 Å². The molecule has 2 aliphatic heterocycles. The average Bonchev–Trinajstić information content (AvgIpc) is 2.35. The first-order valence-electron chi connectivity index (χ1n) is 2.87. The van der Waals surface area contributed by atoms with Crippen molar-refractivity contribution in [3.8, 4) is 11.5 Å². The number of ether oxygens (including phenoxy) is 2. The summed E-state index contributed by atoms with van der Waals surface area (Å²) in [5, 5.41) is 2.01. The van der Waals surface area contributed by atoms with Gasteiger partial charge in [-0.25, -0.2) is 0 Å². The van der Waals surface area contributed by atoms with E-state index in [2.05, 4.69) is 0 Å². The molecule has 9 heavy (non-hydrogen) atoms. The Hall–Kier alpha value is -0.700. The summed E-state index contributed by atoms with van der Waals surface area (Å²) >= 11 is 1.73. The lowest BCUT2D eigenvalue weighted by molar-refractivity contribution is 0.0661. The molecule has 0 saturated heterocycles. The summed E-state index contributed by atoms with van der Waals surface area (Å²) < 4.78 is 10.6. The second-order valence-corrected chi connectivity index (χ2v) is 3.19. The smallest absolute Gasteiger partial charge is 0.246 e. The highest BCUT2D eigenvalue weighted by atomic mass is 32.1. The number of rotatable bonds is 0. The Labute approximate surface area is 56.0 Å². The van der Waals surface area contributed by atoms with Gasteiger partial charge >= 0.3 is 0 Å². The van der Waals surface area contributed by atoms with Crippen molar-refractivity contribution in [1.29, 1.82) is 0 Å². The average molecular weight is 140 g/mol. The topological polar surface area (TPSA) is 18.5 Å². The fraction of sp³-hybridized carbons (Fsp3) is 0.333. The molecule has 1 aromatic rings. The van der Waals surface area contributed by atoms with Gasteiger partial charge in [0.1, 0.15) is 0 Å². The maximum atomic E-state index is 5.33. The van der Waals surface area contributed by atoms with E-state index in [-0.39, 0.29) is 6.29 Å². The van der Waals surface area contributed by atoms with Crippen LogP contribution in [0.25, 0.3) is 0 Å². The summed E-state index contributed by atoms with van der Waals surface area (Å²) in [6.45, 7) is 0. The van der Waals surface area contributed by atoms with Crippen molar-refractivity contribution in [3.63, 3.8) is 0 Å². The molecule has 3 heteroatoms. The van der Waals surface area contributed by atoms with E-state index in [9.17, 15) is 0 Å².